The summed E-state index contributed by atoms with van der Waals surface area (Å²) in [7, 11) is -4.39. The quantitative estimate of drug-likeness (QED) is 0.433. The Morgan fingerprint density at radius 1 is 1.24 bits per heavy atom. The van der Waals surface area contributed by atoms with Crippen molar-refractivity contribution < 1.29 is 22.5 Å². The molecule has 94 valence electrons. The van der Waals surface area contributed by atoms with E-state index in [9.17, 15) is 13.2 Å². The normalized spacial score (nSPS) is 11.3. The molecular weight excluding hydrogens is 448 g/mol. The van der Waals surface area contributed by atoms with Crippen LogP contribution in [0.2, 0.25) is 0 Å². The van der Waals surface area contributed by atoms with E-state index in [0.29, 0.717) is 8.95 Å². The molecule has 0 radical (unpaired) electrons. The highest BCUT2D eigenvalue weighted by atomic mass is 79.9. The first-order valence-electron chi connectivity index (χ1n) is 3.99. The van der Waals surface area contributed by atoms with Gasteiger partial charge in [-0.15, -0.1) is 0 Å². The van der Waals surface area contributed by atoms with Crippen molar-refractivity contribution in [1.29, 1.82) is 0 Å². The maximum Gasteiger partial charge on any atom is 0.329 e. The zero-order chi connectivity index (χ0) is 13.2. The molecular formula is C8H5Br3O5S. The second-order valence-electron chi connectivity index (χ2n) is 2.90. The highest BCUT2D eigenvalue weighted by molar-refractivity contribution is 9.11. The lowest BCUT2D eigenvalue weighted by Gasteiger charge is -2.08. The third kappa shape index (κ3) is 5.04. The summed E-state index contributed by atoms with van der Waals surface area (Å²) in [6.45, 7) is 0. The van der Waals surface area contributed by atoms with Crippen LogP contribution < -0.4 is 4.74 Å². The summed E-state index contributed by atoms with van der Waals surface area (Å²) in [6, 6.07) is 3.25. The first kappa shape index (κ1) is 15.1. The topological polar surface area (TPSA) is 80.7 Å². The van der Waals surface area contributed by atoms with Crippen molar-refractivity contribution in [2.45, 2.75) is 0 Å². The second-order valence-corrected chi connectivity index (χ2v) is 6.98. The molecule has 17 heavy (non-hydrogen) atoms. The van der Waals surface area contributed by atoms with E-state index >= 15 is 0 Å². The van der Waals surface area contributed by atoms with Gasteiger partial charge in [-0.25, -0.2) is 0 Å². The highest BCUT2D eigenvalue weighted by Gasteiger charge is 2.18. The summed E-state index contributed by atoms with van der Waals surface area (Å²) in [4.78, 5) is 11.2. The average Bonchev–Trinajstić information content (AvgIpc) is 2.08. The van der Waals surface area contributed by atoms with E-state index < -0.39 is 21.8 Å². The molecule has 1 N–H and O–H groups in total. The fourth-order valence-corrected chi connectivity index (χ4v) is 3.70. The largest absolute Gasteiger partial charge is 0.423 e. The van der Waals surface area contributed by atoms with Gasteiger partial charge < -0.3 is 4.74 Å². The predicted molar refractivity (Wildman–Crippen MR) is 71.6 cm³/mol. The molecule has 0 atom stereocenters. The van der Waals surface area contributed by atoms with Crippen LogP contribution in [0.15, 0.2) is 25.6 Å². The third-order valence-electron chi connectivity index (χ3n) is 1.48. The molecule has 0 fully saturated rings. The average molecular weight is 453 g/mol. The molecule has 0 bridgehead atoms. The smallest absolute Gasteiger partial charge is 0.329 e. The van der Waals surface area contributed by atoms with Gasteiger partial charge in [-0.1, -0.05) is 15.9 Å². The Bertz CT molecular complexity index is 531. The van der Waals surface area contributed by atoms with Crippen molar-refractivity contribution >= 4 is 63.9 Å². The number of esters is 1. The summed E-state index contributed by atoms with van der Waals surface area (Å²) in [5.41, 5.74) is 0. The lowest BCUT2D eigenvalue weighted by atomic mass is 10.3. The number of carbonyl (C=O) groups is 1. The minimum absolute atomic E-state index is 0.141. The van der Waals surface area contributed by atoms with Gasteiger partial charge in [0.2, 0.25) is 0 Å². The summed E-state index contributed by atoms with van der Waals surface area (Å²) >= 11 is 9.54. The number of halogens is 3. The molecule has 1 aromatic rings. The number of hydrogen-bond acceptors (Lipinski definition) is 4. The standard InChI is InChI=1S/C8H5Br3O5S/c9-4-1-5(10)8(6(11)2-4)16-7(12)3-17(13,14)15/h1-2H,3H2,(H,13,14,15). The highest BCUT2D eigenvalue weighted by Crippen LogP contribution is 2.36. The molecule has 0 aliphatic heterocycles. The summed E-state index contributed by atoms with van der Waals surface area (Å²) < 4.78 is 35.9. The van der Waals surface area contributed by atoms with E-state index in [0.717, 1.165) is 4.47 Å². The molecule has 0 amide bonds. The Morgan fingerprint density at radius 2 is 1.71 bits per heavy atom. The first-order chi connectivity index (χ1) is 7.69. The molecule has 9 heteroatoms. The van der Waals surface area contributed by atoms with Crippen molar-refractivity contribution in [3.05, 3.63) is 25.6 Å². The maximum atomic E-state index is 11.2. The number of carbonyl (C=O) groups excluding carboxylic acids is 1. The van der Waals surface area contributed by atoms with Crippen LogP contribution in [0.1, 0.15) is 0 Å². The monoisotopic (exact) mass is 450 g/mol. The number of benzene rings is 1. The molecule has 1 aromatic carbocycles. The van der Waals surface area contributed by atoms with Gasteiger partial charge in [-0.3, -0.25) is 9.35 Å². The van der Waals surface area contributed by atoms with E-state index in [1.165, 1.54) is 0 Å². The summed E-state index contributed by atoms with van der Waals surface area (Å²) in [6.07, 6.45) is 0. The van der Waals surface area contributed by atoms with Gasteiger partial charge in [-0.05, 0) is 44.0 Å². The van der Waals surface area contributed by atoms with Crippen molar-refractivity contribution in [2.75, 3.05) is 5.75 Å². The zero-order valence-electron chi connectivity index (χ0n) is 7.98. The van der Waals surface area contributed by atoms with Crippen molar-refractivity contribution in [3.63, 3.8) is 0 Å². The van der Waals surface area contributed by atoms with Crippen molar-refractivity contribution in [2.24, 2.45) is 0 Å². The third-order valence-corrected chi connectivity index (χ3v) is 3.72. The van der Waals surface area contributed by atoms with Gasteiger partial charge in [-0.2, -0.15) is 8.42 Å². The predicted octanol–water partition coefficient (Wildman–Crippen LogP) is 2.77. The van der Waals surface area contributed by atoms with Gasteiger partial charge in [0.05, 0.1) is 8.95 Å². The zero-order valence-corrected chi connectivity index (χ0v) is 13.6. The van der Waals surface area contributed by atoms with Gasteiger partial charge >= 0.3 is 5.97 Å². The van der Waals surface area contributed by atoms with Crippen LogP contribution >= 0.6 is 47.8 Å². The van der Waals surface area contributed by atoms with Crippen LogP contribution in [0, 0.1) is 0 Å². The molecule has 0 spiro atoms. The Morgan fingerprint density at radius 3 is 2.12 bits per heavy atom. The van der Waals surface area contributed by atoms with Crippen LogP contribution in [0.5, 0.6) is 5.75 Å². The summed E-state index contributed by atoms with van der Waals surface area (Å²) in [5.74, 6) is -2.03. The lowest BCUT2D eigenvalue weighted by Crippen LogP contribution is -2.20. The number of ether oxygens (including phenoxy) is 1. The minimum atomic E-state index is -4.39. The molecule has 0 aliphatic rings. The van der Waals surface area contributed by atoms with E-state index in [4.69, 9.17) is 9.29 Å². The van der Waals surface area contributed by atoms with Gasteiger partial charge in [0.1, 0.15) is 0 Å². The molecule has 0 heterocycles. The summed E-state index contributed by atoms with van der Waals surface area (Å²) in [5, 5.41) is 0. The van der Waals surface area contributed by atoms with E-state index in [1.807, 2.05) is 0 Å². The lowest BCUT2D eigenvalue weighted by molar-refractivity contribution is -0.131. The number of hydrogen-bond donors (Lipinski definition) is 1. The van der Waals surface area contributed by atoms with Crippen molar-refractivity contribution in [3.8, 4) is 5.75 Å². The molecule has 5 nitrogen and oxygen atoms in total. The Balaban J connectivity index is 2.93. The molecule has 0 saturated carbocycles. The van der Waals surface area contributed by atoms with Crippen LogP contribution in [0.3, 0.4) is 0 Å². The fourth-order valence-electron chi connectivity index (χ4n) is 0.919. The maximum absolute atomic E-state index is 11.2. The number of rotatable bonds is 3. The minimum Gasteiger partial charge on any atom is -0.423 e. The van der Waals surface area contributed by atoms with Crippen LogP contribution in [0.4, 0.5) is 0 Å². The molecule has 0 unspecified atom stereocenters. The first-order valence-corrected chi connectivity index (χ1v) is 7.98. The van der Waals surface area contributed by atoms with Gasteiger partial charge in [0.25, 0.3) is 10.1 Å². The van der Waals surface area contributed by atoms with E-state index in [1.54, 1.807) is 12.1 Å². The van der Waals surface area contributed by atoms with Gasteiger partial charge in [0, 0.05) is 4.47 Å². The van der Waals surface area contributed by atoms with Crippen molar-refractivity contribution in [1.82, 2.24) is 0 Å². The van der Waals surface area contributed by atoms with E-state index in [2.05, 4.69) is 47.8 Å². The Kier molecular flexibility index (Phi) is 5.14. The molecule has 0 aliphatic carbocycles. The van der Waals surface area contributed by atoms with Crippen LogP contribution in [0.25, 0.3) is 0 Å². The second kappa shape index (κ2) is 5.79. The molecule has 0 aromatic heterocycles. The molecule has 1 rings (SSSR count). The van der Waals surface area contributed by atoms with Gasteiger partial charge in [0.15, 0.2) is 11.5 Å². The molecule has 0 saturated heterocycles. The fraction of sp³-hybridized carbons (Fsp3) is 0.125. The van der Waals surface area contributed by atoms with E-state index in [-0.39, 0.29) is 5.75 Å². The Labute approximate surface area is 123 Å². The van der Waals surface area contributed by atoms with Crippen LogP contribution in [-0.2, 0) is 14.9 Å². The SMILES string of the molecule is O=C(CS(=O)(=O)O)Oc1c(Br)cc(Br)cc1Br. The van der Waals surface area contributed by atoms with Crippen LogP contribution in [-0.4, -0.2) is 24.7 Å². The Hall–Kier alpha value is 0.0400.